The first-order chi connectivity index (χ1) is 10.5. The quantitative estimate of drug-likeness (QED) is 0.518. The van der Waals surface area contributed by atoms with Crippen LogP contribution in [0.3, 0.4) is 0 Å². The van der Waals surface area contributed by atoms with E-state index in [2.05, 4.69) is 26.0 Å². The average Bonchev–Trinajstić information content (AvgIpc) is 2.85. The van der Waals surface area contributed by atoms with Gasteiger partial charge < -0.3 is 4.89 Å². The van der Waals surface area contributed by atoms with Crippen molar-refractivity contribution in [1.82, 2.24) is 14.8 Å². The van der Waals surface area contributed by atoms with Gasteiger partial charge in [0.15, 0.2) is 5.75 Å². The molecule has 0 fully saturated rings. The van der Waals surface area contributed by atoms with Crippen LogP contribution in [-0.2, 0) is 11.9 Å². The van der Waals surface area contributed by atoms with Gasteiger partial charge in [-0.3, -0.25) is 9.67 Å². The van der Waals surface area contributed by atoms with E-state index in [4.69, 9.17) is 9.78 Å². The molecule has 0 saturated carbocycles. The highest BCUT2D eigenvalue weighted by molar-refractivity contribution is 9.10. The molecule has 0 atom stereocenters. The van der Waals surface area contributed by atoms with E-state index in [9.17, 15) is 0 Å². The predicted molar refractivity (Wildman–Crippen MR) is 88.5 cm³/mol. The molecule has 0 spiro atoms. The minimum Gasteiger partial charge on any atom is -0.336 e. The Hall–Kier alpha value is -1.92. The number of nitrogens with zero attached hydrogens (tertiary/aromatic N) is 3. The third-order valence-corrected chi connectivity index (χ3v) is 3.72. The molecule has 0 bridgehead atoms. The number of halogens is 1. The lowest BCUT2D eigenvalue weighted by Crippen LogP contribution is -2.06. The second-order valence-corrected chi connectivity index (χ2v) is 6.16. The van der Waals surface area contributed by atoms with Crippen LogP contribution in [0.15, 0.2) is 41.1 Å². The van der Waals surface area contributed by atoms with Crippen LogP contribution in [0.4, 0.5) is 0 Å². The fourth-order valence-electron chi connectivity index (χ4n) is 2.08. The Kier molecular flexibility index (Phi) is 4.13. The summed E-state index contributed by atoms with van der Waals surface area (Å²) in [6.07, 6.45) is 3.73. The van der Waals surface area contributed by atoms with Crippen molar-refractivity contribution in [2.75, 3.05) is 0 Å². The van der Waals surface area contributed by atoms with Gasteiger partial charge in [0.25, 0.3) is 0 Å². The van der Waals surface area contributed by atoms with Gasteiger partial charge in [0.1, 0.15) is 5.52 Å². The summed E-state index contributed by atoms with van der Waals surface area (Å²) in [6.45, 7) is 3.82. The third-order valence-electron chi connectivity index (χ3n) is 3.06. The summed E-state index contributed by atoms with van der Waals surface area (Å²) in [7, 11) is 1.90. The number of fused-ring (bicyclic) bond motifs is 1. The van der Waals surface area contributed by atoms with Crippen LogP contribution in [0.5, 0.6) is 5.75 Å². The molecule has 0 N–H and O–H groups in total. The average molecular weight is 362 g/mol. The maximum absolute atomic E-state index is 5.36. The molecule has 1 aromatic carbocycles. The van der Waals surface area contributed by atoms with E-state index in [1.54, 1.807) is 10.9 Å². The van der Waals surface area contributed by atoms with Crippen molar-refractivity contribution in [2.45, 2.75) is 20.0 Å². The van der Waals surface area contributed by atoms with Crippen LogP contribution in [0.25, 0.3) is 22.2 Å². The first-order valence-corrected chi connectivity index (χ1v) is 7.75. The SMILES string of the molecule is CC(C)OOc1cc(-c2cc3cn(C)nc3cn2)ccc1Br. The lowest BCUT2D eigenvalue weighted by atomic mass is 10.1. The molecule has 6 heteroatoms. The summed E-state index contributed by atoms with van der Waals surface area (Å²) in [6, 6.07) is 7.82. The first-order valence-electron chi connectivity index (χ1n) is 6.95. The van der Waals surface area contributed by atoms with Crippen LogP contribution in [0, 0.1) is 0 Å². The monoisotopic (exact) mass is 361 g/mol. The molecule has 22 heavy (non-hydrogen) atoms. The number of rotatable bonds is 4. The molecule has 5 nitrogen and oxygen atoms in total. The highest BCUT2D eigenvalue weighted by atomic mass is 79.9. The lowest BCUT2D eigenvalue weighted by Gasteiger charge is -2.10. The first kappa shape index (κ1) is 15.0. The zero-order chi connectivity index (χ0) is 15.7. The fraction of sp³-hybridized carbons (Fsp3) is 0.250. The lowest BCUT2D eigenvalue weighted by molar-refractivity contribution is -0.235. The standard InChI is InChI=1S/C16H16BrN3O2/c1-10(2)21-22-16-7-11(4-5-13(16)17)14-6-12-9-20(3)19-15(12)8-18-14/h4-10H,1-3H3. The Bertz CT molecular complexity index is 814. The molecule has 0 aliphatic heterocycles. The van der Waals surface area contributed by atoms with Crippen molar-refractivity contribution in [3.8, 4) is 17.0 Å². The number of aryl methyl sites for hydroxylation is 1. The smallest absolute Gasteiger partial charge is 0.180 e. The Balaban J connectivity index is 1.96. The van der Waals surface area contributed by atoms with E-state index < -0.39 is 0 Å². The maximum atomic E-state index is 5.36. The number of benzene rings is 1. The molecule has 2 heterocycles. The minimum atomic E-state index is -0.0135. The van der Waals surface area contributed by atoms with E-state index >= 15 is 0 Å². The molecule has 0 aliphatic rings. The van der Waals surface area contributed by atoms with Crippen molar-refractivity contribution in [2.24, 2.45) is 7.05 Å². The highest BCUT2D eigenvalue weighted by Gasteiger charge is 2.09. The predicted octanol–water partition coefficient (Wildman–Crippen LogP) is 4.12. The second kappa shape index (κ2) is 6.06. The van der Waals surface area contributed by atoms with E-state index in [-0.39, 0.29) is 6.10 Å². The summed E-state index contributed by atoms with van der Waals surface area (Å²) in [5, 5.41) is 5.38. The van der Waals surface area contributed by atoms with Gasteiger partial charge in [-0.25, -0.2) is 0 Å². The van der Waals surface area contributed by atoms with E-state index in [0.29, 0.717) is 5.75 Å². The van der Waals surface area contributed by atoms with Gasteiger partial charge in [0.05, 0.1) is 22.5 Å². The van der Waals surface area contributed by atoms with Crippen molar-refractivity contribution >= 4 is 26.8 Å². The van der Waals surface area contributed by atoms with E-state index in [0.717, 1.165) is 26.6 Å². The molecule has 0 unspecified atom stereocenters. The topological polar surface area (TPSA) is 49.2 Å². The van der Waals surface area contributed by atoms with E-state index in [1.165, 1.54) is 0 Å². The van der Waals surface area contributed by atoms with Crippen LogP contribution in [0.2, 0.25) is 0 Å². The van der Waals surface area contributed by atoms with Crippen LogP contribution < -0.4 is 4.89 Å². The van der Waals surface area contributed by atoms with Crippen LogP contribution in [-0.4, -0.2) is 20.9 Å². The maximum Gasteiger partial charge on any atom is 0.180 e. The van der Waals surface area contributed by atoms with Gasteiger partial charge in [-0.15, -0.1) is 0 Å². The molecule has 3 rings (SSSR count). The molecule has 114 valence electrons. The van der Waals surface area contributed by atoms with Gasteiger partial charge in [-0.05, 0) is 48.0 Å². The number of aromatic nitrogens is 3. The zero-order valence-electron chi connectivity index (χ0n) is 12.6. The van der Waals surface area contributed by atoms with Crippen molar-refractivity contribution in [3.63, 3.8) is 0 Å². The summed E-state index contributed by atoms with van der Waals surface area (Å²) in [5.41, 5.74) is 2.70. The van der Waals surface area contributed by atoms with Gasteiger partial charge in [0.2, 0.25) is 0 Å². The van der Waals surface area contributed by atoms with Crippen LogP contribution in [0.1, 0.15) is 13.8 Å². The number of pyridine rings is 1. The summed E-state index contributed by atoms with van der Waals surface area (Å²) in [4.78, 5) is 15.0. The molecule has 0 aliphatic carbocycles. The fourth-order valence-corrected chi connectivity index (χ4v) is 2.40. The Labute approximate surface area is 136 Å². The van der Waals surface area contributed by atoms with Crippen molar-refractivity contribution < 1.29 is 9.78 Å². The molecule has 0 radical (unpaired) electrons. The summed E-state index contributed by atoms with van der Waals surface area (Å²) in [5.74, 6) is 0.624. The van der Waals surface area contributed by atoms with Crippen molar-refractivity contribution in [1.29, 1.82) is 0 Å². The number of hydrogen-bond donors (Lipinski definition) is 0. The zero-order valence-corrected chi connectivity index (χ0v) is 14.2. The highest BCUT2D eigenvalue weighted by Crippen LogP contribution is 2.31. The number of hydrogen-bond acceptors (Lipinski definition) is 4. The van der Waals surface area contributed by atoms with Crippen molar-refractivity contribution in [3.05, 3.63) is 41.1 Å². The summed E-state index contributed by atoms with van der Waals surface area (Å²) >= 11 is 3.46. The van der Waals surface area contributed by atoms with E-state index in [1.807, 2.05) is 51.4 Å². The van der Waals surface area contributed by atoms with Gasteiger partial charge in [-0.2, -0.15) is 9.99 Å². The molecule has 3 aromatic rings. The second-order valence-electron chi connectivity index (χ2n) is 5.30. The third kappa shape index (κ3) is 3.13. The Morgan fingerprint density at radius 3 is 2.82 bits per heavy atom. The molecular formula is C16H16BrN3O2. The van der Waals surface area contributed by atoms with Gasteiger partial charge in [0, 0.05) is 24.2 Å². The summed E-state index contributed by atoms with van der Waals surface area (Å²) < 4.78 is 2.61. The molecule has 2 aromatic heterocycles. The minimum absolute atomic E-state index is 0.0135. The Morgan fingerprint density at radius 2 is 2.05 bits per heavy atom. The van der Waals surface area contributed by atoms with Gasteiger partial charge in [-0.1, -0.05) is 6.07 Å². The molecular weight excluding hydrogens is 346 g/mol. The largest absolute Gasteiger partial charge is 0.336 e. The molecule has 0 amide bonds. The molecule has 0 saturated heterocycles. The Morgan fingerprint density at radius 1 is 1.23 bits per heavy atom. The van der Waals surface area contributed by atoms with Gasteiger partial charge >= 0.3 is 0 Å². The normalized spacial score (nSPS) is 11.3. The van der Waals surface area contributed by atoms with Crippen LogP contribution >= 0.6 is 15.9 Å².